The van der Waals surface area contributed by atoms with Crippen molar-refractivity contribution in [3.8, 4) is 0 Å². The minimum atomic E-state index is -1.16. The number of hydrogen-bond acceptors (Lipinski definition) is 4. The van der Waals surface area contributed by atoms with Crippen molar-refractivity contribution >= 4 is 11.9 Å². The van der Waals surface area contributed by atoms with Crippen LogP contribution in [0.5, 0.6) is 0 Å². The summed E-state index contributed by atoms with van der Waals surface area (Å²) in [4.78, 5) is 21.0. The van der Waals surface area contributed by atoms with Gasteiger partial charge in [0.15, 0.2) is 0 Å². The summed E-state index contributed by atoms with van der Waals surface area (Å²) in [5, 5.41) is 16.8. The van der Waals surface area contributed by atoms with Crippen molar-refractivity contribution in [1.29, 1.82) is 0 Å². The Hall–Kier alpha value is -1.36. The summed E-state index contributed by atoms with van der Waals surface area (Å²) >= 11 is 0. The molecule has 0 aromatic carbocycles. The van der Waals surface area contributed by atoms with E-state index in [1.165, 1.54) is 0 Å². The van der Waals surface area contributed by atoms with Crippen molar-refractivity contribution < 1.29 is 24.5 Å². The summed E-state index contributed by atoms with van der Waals surface area (Å²) in [7, 11) is 0. The molecule has 0 heterocycles. The molecule has 0 atom stereocenters. The van der Waals surface area contributed by atoms with Crippen molar-refractivity contribution in [3.05, 3.63) is 12.2 Å². The third-order valence-electron chi connectivity index (χ3n) is 2.16. The van der Waals surface area contributed by atoms with Crippen LogP contribution in [0.2, 0.25) is 0 Å². The SMILES string of the molecule is O=C(O)/C=C\C(=O)OCCCCCCCCO. The highest BCUT2D eigenvalue weighted by atomic mass is 16.5. The molecule has 0 unspecified atom stereocenters. The Bertz CT molecular complexity index is 247. The van der Waals surface area contributed by atoms with Gasteiger partial charge in [0.05, 0.1) is 6.61 Å². The maximum atomic E-state index is 10.9. The van der Waals surface area contributed by atoms with Crippen LogP contribution in [-0.4, -0.2) is 35.4 Å². The van der Waals surface area contributed by atoms with Gasteiger partial charge in [-0.25, -0.2) is 9.59 Å². The first-order valence-corrected chi connectivity index (χ1v) is 5.85. The van der Waals surface area contributed by atoms with Crippen LogP contribution in [0.1, 0.15) is 38.5 Å². The summed E-state index contributed by atoms with van der Waals surface area (Å²) < 4.78 is 4.79. The largest absolute Gasteiger partial charge is 0.478 e. The molecule has 5 nitrogen and oxygen atoms in total. The number of carboxylic acids is 1. The molecular formula is C12H20O5. The lowest BCUT2D eigenvalue weighted by atomic mass is 10.1. The molecule has 0 radical (unpaired) electrons. The normalized spacial score (nSPS) is 10.6. The van der Waals surface area contributed by atoms with E-state index in [-0.39, 0.29) is 6.61 Å². The van der Waals surface area contributed by atoms with Gasteiger partial charge in [-0.15, -0.1) is 0 Å². The molecular weight excluding hydrogens is 224 g/mol. The minimum Gasteiger partial charge on any atom is -0.478 e. The Balaban J connectivity index is 3.28. The molecule has 0 aromatic heterocycles. The molecule has 0 amide bonds. The van der Waals surface area contributed by atoms with E-state index in [0.29, 0.717) is 6.61 Å². The maximum absolute atomic E-state index is 10.9. The van der Waals surface area contributed by atoms with E-state index >= 15 is 0 Å². The van der Waals surface area contributed by atoms with Gasteiger partial charge in [-0.2, -0.15) is 0 Å². The molecule has 0 aliphatic rings. The number of rotatable bonds is 10. The standard InChI is InChI=1S/C12H20O5/c13-9-5-3-1-2-4-6-10-17-12(16)8-7-11(14)15/h7-8,13H,1-6,9-10H2,(H,14,15)/b8-7-. The van der Waals surface area contributed by atoms with Crippen molar-refractivity contribution in [2.75, 3.05) is 13.2 Å². The molecule has 0 rings (SSSR count). The number of carbonyl (C=O) groups excluding carboxylic acids is 1. The zero-order chi connectivity index (χ0) is 12.9. The second-order valence-electron chi connectivity index (χ2n) is 3.68. The summed E-state index contributed by atoms with van der Waals surface area (Å²) in [5.41, 5.74) is 0. The van der Waals surface area contributed by atoms with Gasteiger partial charge in [0.1, 0.15) is 0 Å². The molecule has 0 spiro atoms. The van der Waals surface area contributed by atoms with Crippen LogP contribution in [0.25, 0.3) is 0 Å². The van der Waals surface area contributed by atoms with Crippen LogP contribution < -0.4 is 0 Å². The Morgan fingerprint density at radius 3 is 2.12 bits per heavy atom. The van der Waals surface area contributed by atoms with E-state index in [0.717, 1.165) is 50.7 Å². The first-order valence-electron chi connectivity index (χ1n) is 5.85. The van der Waals surface area contributed by atoms with Crippen molar-refractivity contribution in [1.82, 2.24) is 0 Å². The Morgan fingerprint density at radius 1 is 0.941 bits per heavy atom. The second kappa shape index (κ2) is 11.1. The van der Waals surface area contributed by atoms with Crippen LogP contribution >= 0.6 is 0 Å². The van der Waals surface area contributed by atoms with Gasteiger partial charge >= 0.3 is 11.9 Å². The Kier molecular flexibility index (Phi) is 10.2. The number of esters is 1. The van der Waals surface area contributed by atoms with Crippen LogP contribution in [0.4, 0.5) is 0 Å². The third kappa shape index (κ3) is 12.6. The maximum Gasteiger partial charge on any atom is 0.331 e. The minimum absolute atomic E-state index is 0.244. The lowest BCUT2D eigenvalue weighted by molar-refractivity contribution is -0.138. The lowest BCUT2D eigenvalue weighted by Gasteiger charge is -2.02. The highest BCUT2D eigenvalue weighted by molar-refractivity contribution is 5.90. The monoisotopic (exact) mass is 244 g/mol. The first kappa shape index (κ1) is 15.6. The van der Waals surface area contributed by atoms with Crippen molar-refractivity contribution in [2.24, 2.45) is 0 Å². The van der Waals surface area contributed by atoms with E-state index < -0.39 is 11.9 Å². The number of ether oxygens (including phenoxy) is 1. The molecule has 0 bridgehead atoms. The molecule has 17 heavy (non-hydrogen) atoms. The number of aliphatic hydroxyl groups excluding tert-OH is 1. The third-order valence-corrected chi connectivity index (χ3v) is 2.16. The lowest BCUT2D eigenvalue weighted by Crippen LogP contribution is -2.03. The van der Waals surface area contributed by atoms with E-state index in [1.807, 2.05) is 0 Å². The number of hydrogen-bond donors (Lipinski definition) is 2. The molecule has 0 aliphatic carbocycles. The molecule has 0 aromatic rings. The fraction of sp³-hybridized carbons (Fsp3) is 0.667. The van der Waals surface area contributed by atoms with Crippen molar-refractivity contribution in [3.63, 3.8) is 0 Å². The van der Waals surface area contributed by atoms with Gasteiger partial charge in [0.25, 0.3) is 0 Å². The number of aliphatic hydroxyl groups is 1. The van der Waals surface area contributed by atoms with E-state index in [1.54, 1.807) is 0 Å². The van der Waals surface area contributed by atoms with E-state index in [4.69, 9.17) is 14.9 Å². The number of carbonyl (C=O) groups is 2. The topological polar surface area (TPSA) is 83.8 Å². The average Bonchev–Trinajstić information content (AvgIpc) is 2.30. The number of aliphatic carboxylic acids is 1. The van der Waals surface area contributed by atoms with Crippen LogP contribution in [0.15, 0.2) is 12.2 Å². The van der Waals surface area contributed by atoms with Crippen LogP contribution in [-0.2, 0) is 14.3 Å². The quantitative estimate of drug-likeness (QED) is 0.345. The molecule has 0 saturated heterocycles. The fourth-order valence-electron chi connectivity index (χ4n) is 1.28. The van der Waals surface area contributed by atoms with Gasteiger partial charge in [-0.3, -0.25) is 0 Å². The average molecular weight is 244 g/mol. The fourth-order valence-corrected chi connectivity index (χ4v) is 1.28. The predicted molar refractivity (Wildman–Crippen MR) is 62.5 cm³/mol. The summed E-state index contributed by atoms with van der Waals surface area (Å²) in [6.45, 7) is 0.566. The Labute approximate surface area is 101 Å². The molecule has 2 N–H and O–H groups in total. The van der Waals surface area contributed by atoms with Crippen LogP contribution in [0, 0.1) is 0 Å². The van der Waals surface area contributed by atoms with Crippen LogP contribution in [0.3, 0.4) is 0 Å². The second-order valence-corrected chi connectivity index (χ2v) is 3.68. The van der Waals surface area contributed by atoms with Gasteiger partial charge in [0, 0.05) is 18.8 Å². The van der Waals surface area contributed by atoms with Gasteiger partial charge < -0.3 is 14.9 Å². The molecule has 0 fully saturated rings. The number of carboxylic acid groups (broad SMARTS) is 1. The highest BCUT2D eigenvalue weighted by Crippen LogP contribution is 2.05. The molecule has 0 aliphatic heterocycles. The molecule has 98 valence electrons. The predicted octanol–water partition coefficient (Wildman–Crippen LogP) is 1.50. The van der Waals surface area contributed by atoms with Gasteiger partial charge in [-0.05, 0) is 12.8 Å². The number of unbranched alkanes of at least 4 members (excludes halogenated alkanes) is 5. The molecule has 0 saturated carbocycles. The zero-order valence-electron chi connectivity index (χ0n) is 9.93. The summed E-state index contributed by atoms with van der Waals surface area (Å²) in [6.07, 6.45) is 7.43. The zero-order valence-corrected chi connectivity index (χ0v) is 9.93. The summed E-state index contributed by atoms with van der Waals surface area (Å²) in [5.74, 6) is -1.78. The van der Waals surface area contributed by atoms with E-state index in [9.17, 15) is 9.59 Å². The van der Waals surface area contributed by atoms with Gasteiger partial charge in [-0.1, -0.05) is 25.7 Å². The Morgan fingerprint density at radius 2 is 1.53 bits per heavy atom. The highest BCUT2D eigenvalue weighted by Gasteiger charge is 1.98. The van der Waals surface area contributed by atoms with Crippen molar-refractivity contribution in [2.45, 2.75) is 38.5 Å². The molecule has 5 heteroatoms. The van der Waals surface area contributed by atoms with E-state index in [2.05, 4.69) is 0 Å². The first-order chi connectivity index (χ1) is 8.16. The summed E-state index contributed by atoms with van der Waals surface area (Å²) in [6, 6.07) is 0. The smallest absolute Gasteiger partial charge is 0.331 e. The van der Waals surface area contributed by atoms with Gasteiger partial charge in [0.2, 0.25) is 0 Å².